The molecule has 0 saturated carbocycles. The normalized spacial score (nSPS) is 12.1. The third kappa shape index (κ3) is 2.60. The summed E-state index contributed by atoms with van der Waals surface area (Å²) >= 11 is 0. The van der Waals surface area contributed by atoms with Crippen molar-refractivity contribution in [2.75, 3.05) is 14.2 Å². The molecule has 0 N–H and O–H groups in total. The Bertz CT molecular complexity index is 410. The maximum Gasteiger partial charge on any atom is 0.164 e. The summed E-state index contributed by atoms with van der Waals surface area (Å²) < 4.78 is 10.8. The van der Waals surface area contributed by atoms with Crippen LogP contribution in [0.1, 0.15) is 36.0 Å². The quantitative estimate of drug-likeness (QED) is 0.737. The summed E-state index contributed by atoms with van der Waals surface area (Å²) in [7, 11) is 3.27. The fourth-order valence-corrected chi connectivity index (χ4v) is 2.28. The molecule has 1 rings (SSSR count). The van der Waals surface area contributed by atoms with Crippen LogP contribution in [0.2, 0.25) is 0 Å². The predicted octanol–water partition coefficient (Wildman–Crippen LogP) is 3.01. The number of carbonyl (C=O) groups excluding carboxylic acids is 1. The Balaban J connectivity index is 3.41. The van der Waals surface area contributed by atoms with Crippen LogP contribution < -0.4 is 9.47 Å². The van der Waals surface area contributed by atoms with E-state index in [9.17, 15) is 4.79 Å². The number of hydrogen-bond acceptors (Lipinski definition) is 3. The number of benzene rings is 1. The van der Waals surface area contributed by atoms with Gasteiger partial charge in [0.1, 0.15) is 6.29 Å². The highest BCUT2D eigenvalue weighted by Crippen LogP contribution is 2.41. The largest absolute Gasteiger partial charge is 0.493 e. The molecule has 0 bridgehead atoms. The Labute approximate surface area is 103 Å². The van der Waals surface area contributed by atoms with Gasteiger partial charge in [-0.1, -0.05) is 13.0 Å². The molecule has 3 heteroatoms. The maximum atomic E-state index is 10.6. The van der Waals surface area contributed by atoms with Crippen molar-refractivity contribution in [3.63, 3.8) is 0 Å². The van der Waals surface area contributed by atoms with Gasteiger partial charge in [-0.05, 0) is 30.9 Å². The SMILES string of the molecule is COc1c(C)cc(C)c(C(C)CC=O)c1OC. The van der Waals surface area contributed by atoms with Gasteiger partial charge in [-0.3, -0.25) is 0 Å². The summed E-state index contributed by atoms with van der Waals surface area (Å²) in [6.45, 7) is 6.04. The second-order valence-corrected chi connectivity index (χ2v) is 4.29. The first-order valence-corrected chi connectivity index (χ1v) is 5.72. The van der Waals surface area contributed by atoms with E-state index in [2.05, 4.69) is 6.07 Å². The minimum absolute atomic E-state index is 0.136. The van der Waals surface area contributed by atoms with E-state index < -0.39 is 0 Å². The predicted molar refractivity (Wildman–Crippen MR) is 68.1 cm³/mol. The molecule has 0 aliphatic carbocycles. The van der Waals surface area contributed by atoms with Gasteiger partial charge >= 0.3 is 0 Å². The van der Waals surface area contributed by atoms with Crippen LogP contribution in [-0.4, -0.2) is 20.5 Å². The molecule has 17 heavy (non-hydrogen) atoms. The summed E-state index contributed by atoms with van der Waals surface area (Å²) in [6, 6.07) is 2.07. The molecule has 0 fully saturated rings. The fraction of sp³-hybridized carbons (Fsp3) is 0.500. The second-order valence-electron chi connectivity index (χ2n) is 4.29. The number of rotatable bonds is 5. The van der Waals surface area contributed by atoms with Crippen LogP contribution in [0.5, 0.6) is 11.5 Å². The van der Waals surface area contributed by atoms with E-state index in [1.165, 1.54) is 0 Å². The van der Waals surface area contributed by atoms with Crippen LogP contribution in [0.15, 0.2) is 6.07 Å². The maximum absolute atomic E-state index is 10.6. The Hall–Kier alpha value is -1.51. The van der Waals surface area contributed by atoms with Gasteiger partial charge in [0.2, 0.25) is 0 Å². The lowest BCUT2D eigenvalue weighted by Gasteiger charge is -2.20. The van der Waals surface area contributed by atoms with E-state index in [1.807, 2.05) is 20.8 Å². The van der Waals surface area contributed by atoms with Crippen LogP contribution >= 0.6 is 0 Å². The third-order valence-electron chi connectivity index (χ3n) is 3.02. The zero-order valence-corrected chi connectivity index (χ0v) is 11.2. The van der Waals surface area contributed by atoms with Gasteiger partial charge < -0.3 is 14.3 Å². The van der Waals surface area contributed by atoms with E-state index in [0.717, 1.165) is 34.5 Å². The summed E-state index contributed by atoms with van der Waals surface area (Å²) in [4.78, 5) is 10.6. The van der Waals surface area contributed by atoms with Crippen molar-refractivity contribution in [1.82, 2.24) is 0 Å². The third-order valence-corrected chi connectivity index (χ3v) is 3.02. The van der Waals surface area contributed by atoms with Crippen molar-refractivity contribution >= 4 is 6.29 Å². The van der Waals surface area contributed by atoms with Gasteiger partial charge in [-0.25, -0.2) is 0 Å². The monoisotopic (exact) mass is 236 g/mol. The first-order valence-electron chi connectivity index (χ1n) is 5.72. The number of aryl methyl sites for hydroxylation is 2. The zero-order valence-electron chi connectivity index (χ0n) is 11.2. The minimum Gasteiger partial charge on any atom is -0.493 e. The van der Waals surface area contributed by atoms with Gasteiger partial charge in [0, 0.05) is 12.0 Å². The Morgan fingerprint density at radius 2 is 1.76 bits per heavy atom. The van der Waals surface area contributed by atoms with E-state index >= 15 is 0 Å². The molecule has 0 saturated heterocycles. The van der Waals surface area contributed by atoms with E-state index in [4.69, 9.17) is 9.47 Å². The van der Waals surface area contributed by atoms with Crippen molar-refractivity contribution in [2.24, 2.45) is 0 Å². The van der Waals surface area contributed by atoms with Gasteiger partial charge in [0.15, 0.2) is 11.5 Å². The molecule has 0 spiro atoms. The molecule has 1 unspecified atom stereocenters. The molecule has 0 aliphatic heterocycles. The molecule has 3 nitrogen and oxygen atoms in total. The van der Waals surface area contributed by atoms with Gasteiger partial charge in [-0.15, -0.1) is 0 Å². The Kier molecular flexibility index (Phi) is 4.55. The molecule has 1 atom stereocenters. The minimum atomic E-state index is 0.136. The van der Waals surface area contributed by atoms with Crippen molar-refractivity contribution < 1.29 is 14.3 Å². The van der Waals surface area contributed by atoms with Crippen molar-refractivity contribution in [1.29, 1.82) is 0 Å². The van der Waals surface area contributed by atoms with Crippen molar-refractivity contribution in [2.45, 2.75) is 33.1 Å². The highest BCUT2D eigenvalue weighted by molar-refractivity contribution is 5.59. The average Bonchev–Trinajstić information content (AvgIpc) is 2.28. The van der Waals surface area contributed by atoms with Gasteiger partial charge in [0.05, 0.1) is 14.2 Å². The highest BCUT2D eigenvalue weighted by atomic mass is 16.5. The number of methoxy groups -OCH3 is 2. The molecule has 0 aliphatic rings. The van der Waals surface area contributed by atoms with Crippen molar-refractivity contribution in [3.8, 4) is 11.5 Å². The van der Waals surface area contributed by atoms with Crippen LogP contribution in [0.25, 0.3) is 0 Å². The van der Waals surface area contributed by atoms with E-state index in [1.54, 1.807) is 14.2 Å². The zero-order chi connectivity index (χ0) is 13.0. The molecular formula is C14H20O3. The number of hydrogen-bond donors (Lipinski definition) is 0. The topological polar surface area (TPSA) is 35.5 Å². The van der Waals surface area contributed by atoms with E-state index in [-0.39, 0.29) is 5.92 Å². The lowest BCUT2D eigenvalue weighted by molar-refractivity contribution is -0.108. The van der Waals surface area contributed by atoms with Gasteiger partial charge in [0.25, 0.3) is 0 Å². The smallest absolute Gasteiger partial charge is 0.164 e. The lowest BCUT2D eigenvalue weighted by atomic mass is 9.91. The highest BCUT2D eigenvalue weighted by Gasteiger charge is 2.20. The van der Waals surface area contributed by atoms with Crippen molar-refractivity contribution in [3.05, 3.63) is 22.8 Å². The Morgan fingerprint density at radius 3 is 2.24 bits per heavy atom. The number of aldehydes is 1. The van der Waals surface area contributed by atoms with Crippen LogP contribution in [0, 0.1) is 13.8 Å². The standard InChI is InChI=1S/C14H20O3/c1-9(6-7-15)12-10(2)8-11(3)13(16-4)14(12)17-5/h7-9H,6H2,1-5H3. The fourth-order valence-electron chi connectivity index (χ4n) is 2.28. The second kappa shape index (κ2) is 5.71. The van der Waals surface area contributed by atoms with Crippen LogP contribution in [-0.2, 0) is 4.79 Å². The average molecular weight is 236 g/mol. The molecule has 0 amide bonds. The molecular weight excluding hydrogens is 216 g/mol. The molecule has 0 aromatic heterocycles. The lowest BCUT2D eigenvalue weighted by Crippen LogP contribution is -2.04. The molecule has 1 aromatic carbocycles. The Morgan fingerprint density at radius 1 is 1.18 bits per heavy atom. The summed E-state index contributed by atoms with van der Waals surface area (Å²) in [5, 5.41) is 0. The van der Waals surface area contributed by atoms with Crippen LogP contribution in [0.4, 0.5) is 0 Å². The first-order chi connectivity index (χ1) is 8.06. The van der Waals surface area contributed by atoms with Crippen LogP contribution in [0.3, 0.4) is 0 Å². The molecule has 0 heterocycles. The van der Waals surface area contributed by atoms with Gasteiger partial charge in [-0.2, -0.15) is 0 Å². The number of ether oxygens (including phenoxy) is 2. The first kappa shape index (κ1) is 13.6. The summed E-state index contributed by atoms with van der Waals surface area (Å²) in [5.74, 6) is 1.64. The summed E-state index contributed by atoms with van der Waals surface area (Å²) in [5.41, 5.74) is 3.24. The summed E-state index contributed by atoms with van der Waals surface area (Å²) in [6.07, 6.45) is 1.43. The molecule has 1 aromatic rings. The van der Waals surface area contributed by atoms with E-state index in [0.29, 0.717) is 6.42 Å². The number of carbonyl (C=O) groups is 1. The molecule has 94 valence electrons. The molecule has 0 radical (unpaired) electrons.